The predicted molar refractivity (Wildman–Crippen MR) is 190 cm³/mol. The number of anilines is 4. The maximum absolute atomic E-state index is 3.73. The molecule has 45 heavy (non-hydrogen) atoms. The van der Waals surface area contributed by atoms with Gasteiger partial charge < -0.3 is 14.8 Å². The lowest BCUT2D eigenvalue weighted by atomic mass is 9.70. The van der Waals surface area contributed by atoms with Crippen molar-refractivity contribution in [3.05, 3.63) is 143 Å². The molecule has 0 atom stereocenters. The lowest BCUT2D eigenvalue weighted by Crippen LogP contribution is -2.34. The van der Waals surface area contributed by atoms with E-state index in [4.69, 9.17) is 0 Å². The van der Waals surface area contributed by atoms with Crippen LogP contribution >= 0.6 is 0 Å². The van der Waals surface area contributed by atoms with Gasteiger partial charge in [0.15, 0.2) is 0 Å². The third-order valence-electron chi connectivity index (χ3n) is 11.0. The van der Waals surface area contributed by atoms with Gasteiger partial charge in [0.25, 0.3) is 0 Å². The number of nitrogens with one attached hydrogen (secondary N) is 1. The summed E-state index contributed by atoms with van der Waals surface area (Å²) in [4.78, 5) is 8.73. The zero-order valence-corrected chi connectivity index (χ0v) is 26.6. The number of allylic oxidation sites excluding steroid dienone is 6. The molecule has 4 aliphatic rings. The van der Waals surface area contributed by atoms with Crippen LogP contribution in [-0.4, -0.2) is 4.98 Å². The van der Waals surface area contributed by atoms with E-state index in [0.29, 0.717) is 0 Å². The third kappa shape index (κ3) is 3.70. The number of hydrogen-bond acceptors (Lipinski definition) is 2. The Hall–Kier alpha value is -4.76. The van der Waals surface area contributed by atoms with Gasteiger partial charge in [-0.1, -0.05) is 76.2 Å². The molecule has 0 saturated heterocycles. The van der Waals surface area contributed by atoms with Gasteiger partial charge in [0.05, 0.1) is 11.4 Å². The van der Waals surface area contributed by atoms with E-state index >= 15 is 0 Å². The van der Waals surface area contributed by atoms with Crippen LogP contribution in [0.2, 0.25) is 0 Å². The van der Waals surface area contributed by atoms with Crippen LogP contribution in [-0.2, 0) is 10.8 Å². The highest BCUT2D eigenvalue weighted by Crippen LogP contribution is 2.53. The van der Waals surface area contributed by atoms with E-state index in [0.717, 1.165) is 25.7 Å². The third-order valence-corrected chi connectivity index (χ3v) is 11.0. The van der Waals surface area contributed by atoms with Crippen molar-refractivity contribution >= 4 is 44.6 Å². The van der Waals surface area contributed by atoms with Crippen LogP contribution in [0.3, 0.4) is 0 Å². The highest BCUT2D eigenvalue weighted by atomic mass is 15.2. The normalized spacial score (nSPS) is 19.6. The van der Waals surface area contributed by atoms with Gasteiger partial charge in [-0.15, -0.1) is 0 Å². The van der Waals surface area contributed by atoms with Crippen LogP contribution in [0.5, 0.6) is 0 Å². The van der Waals surface area contributed by atoms with E-state index in [1.54, 1.807) is 0 Å². The van der Waals surface area contributed by atoms with Gasteiger partial charge in [-0.05, 0) is 109 Å². The first-order valence-corrected chi connectivity index (χ1v) is 16.5. The Morgan fingerprint density at radius 1 is 0.556 bits per heavy atom. The van der Waals surface area contributed by atoms with E-state index in [2.05, 4.69) is 152 Å². The molecule has 0 saturated carbocycles. The van der Waals surface area contributed by atoms with E-state index < -0.39 is 0 Å². The van der Waals surface area contributed by atoms with E-state index in [-0.39, 0.29) is 10.8 Å². The fourth-order valence-corrected chi connectivity index (χ4v) is 8.67. The molecule has 0 bridgehead atoms. The van der Waals surface area contributed by atoms with Crippen LogP contribution in [0.15, 0.2) is 132 Å². The molecule has 0 radical (unpaired) electrons. The van der Waals surface area contributed by atoms with Crippen molar-refractivity contribution < 1.29 is 0 Å². The molecule has 3 heteroatoms. The van der Waals surface area contributed by atoms with Crippen LogP contribution in [0.4, 0.5) is 22.7 Å². The number of benzene rings is 4. The molecular weight excluding hydrogens is 546 g/mol. The summed E-state index contributed by atoms with van der Waals surface area (Å²) in [5.41, 5.74) is 15.9. The number of fused-ring (bicyclic) bond motifs is 5. The van der Waals surface area contributed by atoms with E-state index in [1.807, 2.05) is 0 Å². The van der Waals surface area contributed by atoms with Gasteiger partial charge >= 0.3 is 0 Å². The number of aromatic amines is 1. The average molecular weight is 586 g/mol. The zero-order chi connectivity index (χ0) is 30.5. The summed E-state index contributed by atoms with van der Waals surface area (Å²) >= 11 is 0. The quantitative estimate of drug-likeness (QED) is 0.223. The Balaban J connectivity index is 1.24. The second kappa shape index (κ2) is 9.37. The number of H-pyrrole nitrogens is 1. The largest absolute Gasteiger partial charge is 0.355 e. The van der Waals surface area contributed by atoms with Crippen molar-refractivity contribution in [2.45, 2.75) is 64.2 Å². The standard InChI is InChI=1S/C42H39N3/c1-41(2)31-13-5-9-17-37(31)44(38-18-10-6-14-32(38)41)27-21-23-35-29(25-27)30-26-28(22-24-36(30)43-35)45-39-19-11-7-15-33(39)42(3,4)34-16-8-12-20-40(34)45/h5,7,9-13,15,17-26,43H,6,8,14,16H2,1-4H3. The van der Waals surface area contributed by atoms with Gasteiger partial charge in [-0.2, -0.15) is 0 Å². The number of rotatable bonds is 2. The monoisotopic (exact) mass is 585 g/mol. The average Bonchev–Trinajstić information content (AvgIpc) is 3.43. The maximum atomic E-state index is 3.73. The van der Waals surface area contributed by atoms with Gasteiger partial charge in [-0.3, -0.25) is 0 Å². The number of para-hydroxylation sites is 2. The molecule has 4 aromatic carbocycles. The Kier molecular flexibility index (Phi) is 5.55. The van der Waals surface area contributed by atoms with Crippen LogP contribution < -0.4 is 9.80 Å². The summed E-state index contributed by atoms with van der Waals surface area (Å²) in [6, 6.07) is 31.9. The smallest absolute Gasteiger partial charge is 0.0502 e. The first-order valence-electron chi connectivity index (χ1n) is 16.5. The summed E-state index contributed by atoms with van der Waals surface area (Å²) in [6.45, 7) is 9.57. The first kappa shape index (κ1) is 26.6. The summed E-state index contributed by atoms with van der Waals surface area (Å²) in [5.74, 6) is 0. The summed E-state index contributed by atoms with van der Waals surface area (Å²) in [5, 5.41) is 2.51. The zero-order valence-electron chi connectivity index (χ0n) is 26.6. The highest BCUT2D eigenvalue weighted by molar-refractivity contribution is 6.10. The lowest BCUT2D eigenvalue weighted by Gasteiger charge is -2.44. The topological polar surface area (TPSA) is 22.3 Å². The Morgan fingerprint density at radius 3 is 1.47 bits per heavy atom. The molecule has 0 amide bonds. The number of nitrogens with zero attached hydrogens (tertiary/aromatic N) is 2. The number of hydrogen-bond donors (Lipinski definition) is 1. The molecule has 3 heterocycles. The summed E-state index contributed by atoms with van der Waals surface area (Å²) < 4.78 is 0. The fourth-order valence-electron chi connectivity index (χ4n) is 8.67. The molecule has 0 unspecified atom stereocenters. The van der Waals surface area contributed by atoms with Crippen LogP contribution in [0, 0.1) is 0 Å². The minimum Gasteiger partial charge on any atom is -0.355 e. The van der Waals surface area contributed by atoms with Gasteiger partial charge in [0.1, 0.15) is 0 Å². The molecule has 222 valence electrons. The molecule has 0 spiro atoms. The Bertz CT molecular complexity index is 2030. The highest BCUT2D eigenvalue weighted by Gasteiger charge is 2.40. The molecule has 0 fully saturated rings. The summed E-state index contributed by atoms with van der Waals surface area (Å²) in [6.07, 6.45) is 13.8. The minimum absolute atomic E-state index is 0.00732. The molecule has 1 aromatic heterocycles. The molecule has 5 aromatic rings. The van der Waals surface area contributed by atoms with Gasteiger partial charge in [0.2, 0.25) is 0 Å². The van der Waals surface area contributed by atoms with Crippen molar-refractivity contribution in [3.63, 3.8) is 0 Å². The van der Waals surface area contributed by atoms with Crippen LogP contribution in [0.25, 0.3) is 21.8 Å². The minimum atomic E-state index is 0.00732. The van der Waals surface area contributed by atoms with Crippen molar-refractivity contribution in [2.24, 2.45) is 0 Å². The van der Waals surface area contributed by atoms with Gasteiger partial charge in [-0.25, -0.2) is 0 Å². The Labute approximate surface area is 265 Å². The lowest BCUT2D eigenvalue weighted by molar-refractivity contribution is 0.570. The second-order valence-corrected chi connectivity index (χ2v) is 14.1. The second-order valence-electron chi connectivity index (χ2n) is 14.1. The van der Waals surface area contributed by atoms with Crippen molar-refractivity contribution in [1.29, 1.82) is 0 Å². The fraction of sp³-hybridized carbons (Fsp3) is 0.238. The first-order chi connectivity index (χ1) is 21.8. The molecular formula is C42H39N3. The number of aromatic nitrogens is 1. The Morgan fingerprint density at radius 2 is 1.00 bits per heavy atom. The van der Waals surface area contributed by atoms with E-state index in [9.17, 15) is 0 Å². The molecule has 2 aliphatic carbocycles. The van der Waals surface area contributed by atoms with Crippen LogP contribution in [0.1, 0.15) is 64.5 Å². The van der Waals surface area contributed by atoms with Gasteiger partial charge in [0, 0.05) is 55.4 Å². The van der Waals surface area contributed by atoms with Crippen molar-refractivity contribution in [3.8, 4) is 0 Å². The predicted octanol–water partition coefficient (Wildman–Crippen LogP) is 11.4. The maximum Gasteiger partial charge on any atom is 0.0502 e. The SMILES string of the molecule is CC1(C)C2=C(C=CCC2)N(c2ccc3[nH]c4ccc(N5C6=C(CCC=C6)C(C)(C)c6ccccc65)cc4c3c2)c2ccccc21. The van der Waals surface area contributed by atoms with Crippen molar-refractivity contribution in [2.75, 3.05) is 9.80 Å². The molecule has 9 rings (SSSR count). The summed E-state index contributed by atoms with van der Waals surface area (Å²) in [7, 11) is 0. The molecule has 2 aliphatic heterocycles. The van der Waals surface area contributed by atoms with E-state index in [1.165, 1.54) is 78.2 Å². The molecule has 3 nitrogen and oxygen atoms in total. The van der Waals surface area contributed by atoms with Crippen molar-refractivity contribution in [1.82, 2.24) is 4.98 Å². The molecule has 1 N–H and O–H groups in total.